The molecule has 1 amide bonds. The quantitative estimate of drug-likeness (QED) is 0.861. The number of amides is 1. The van der Waals surface area contributed by atoms with Gasteiger partial charge in [0, 0.05) is 17.9 Å². The molecule has 0 saturated heterocycles. The zero-order valence-electron chi connectivity index (χ0n) is 14.9. The number of furan rings is 1. The summed E-state index contributed by atoms with van der Waals surface area (Å²) >= 11 is 0. The maximum Gasteiger partial charge on any atom is 0.343 e. The number of esters is 1. The molecule has 2 rings (SSSR count). The van der Waals surface area contributed by atoms with Crippen LogP contribution >= 0.6 is 0 Å². The minimum absolute atomic E-state index is 0.0293. The van der Waals surface area contributed by atoms with Gasteiger partial charge in [0.15, 0.2) is 6.10 Å². The minimum Gasteiger partial charge on any atom is -0.449 e. The Morgan fingerprint density at radius 3 is 2.44 bits per heavy atom. The second-order valence-electron chi connectivity index (χ2n) is 6.70. The maximum absolute atomic E-state index is 12.5. The second kappa shape index (κ2) is 6.85. The van der Waals surface area contributed by atoms with Gasteiger partial charge in [-0.2, -0.15) is 5.26 Å². The van der Waals surface area contributed by atoms with Crippen molar-refractivity contribution >= 4 is 11.9 Å². The van der Waals surface area contributed by atoms with Crippen LogP contribution in [-0.4, -0.2) is 28.1 Å². The Morgan fingerprint density at radius 2 is 1.92 bits per heavy atom. The minimum atomic E-state index is -0.998. The normalized spacial score (nSPS) is 12.3. The van der Waals surface area contributed by atoms with Crippen LogP contribution in [0.1, 0.15) is 49.4 Å². The van der Waals surface area contributed by atoms with Gasteiger partial charge in [-0.05, 0) is 46.8 Å². The zero-order valence-corrected chi connectivity index (χ0v) is 14.9. The Labute approximate surface area is 146 Å². The number of aryl methyl sites for hydroxylation is 1. The molecule has 2 heterocycles. The van der Waals surface area contributed by atoms with Crippen molar-refractivity contribution in [3.63, 3.8) is 0 Å². The summed E-state index contributed by atoms with van der Waals surface area (Å²) in [5, 5.41) is 12.2. The number of rotatable bonds is 4. The highest BCUT2D eigenvalue weighted by atomic mass is 16.5. The van der Waals surface area contributed by atoms with E-state index in [9.17, 15) is 14.9 Å². The molecule has 1 N–H and O–H groups in total. The lowest BCUT2D eigenvalue weighted by Crippen LogP contribution is -2.46. The summed E-state index contributed by atoms with van der Waals surface area (Å²) in [5.74, 6) is -0.684. The van der Waals surface area contributed by atoms with E-state index in [1.807, 2.05) is 26.8 Å². The first-order valence-electron chi connectivity index (χ1n) is 7.84. The molecule has 0 fully saturated rings. The highest BCUT2D eigenvalue weighted by Crippen LogP contribution is 2.26. The van der Waals surface area contributed by atoms with E-state index in [2.05, 4.69) is 5.32 Å². The van der Waals surface area contributed by atoms with Crippen LogP contribution in [-0.2, 0) is 9.53 Å². The smallest absolute Gasteiger partial charge is 0.343 e. The van der Waals surface area contributed by atoms with Crippen LogP contribution in [0.15, 0.2) is 28.9 Å². The van der Waals surface area contributed by atoms with Crippen molar-refractivity contribution < 1.29 is 18.7 Å². The molecule has 2 aromatic heterocycles. The SMILES string of the molecule is Cc1oc(-n2cccc2)c(C#N)c1C(=O)OC(C)C(=O)NC(C)(C)C. The lowest BCUT2D eigenvalue weighted by Gasteiger charge is -2.23. The lowest BCUT2D eigenvalue weighted by atomic mass is 10.1. The Morgan fingerprint density at radius 1 is 1.32 bits per heavy atom. The van der Waals surface area contributed by atoms with Crippen molar-refractivity contribution in [3.8, 4) is 12.0 Å². The molecule has 25 heavy (non-hydrogen) atoms. The number of nitriles is 1. The van der Waals surface area contributed by atoms with E-state index in [0.29, 0.717) is 0 Å². The van der Waals surface area contributed by atoms with Crippen molar-refractivity contribution in [1.29, 1.82) is 5.26 Å². The molecule has 132 valence electrons. The summed E-state index contributed by atoms with van der Waals surface area (Å²) in [6.07, 6.45) is 2.41. The predicted molar refractivity (Wildman–Crippen MR) is 90.3 cm³/mol. The first-order valence-corrected chi connectivity index (χ1v) is 7.84. The van der Waals surface area contributed by atoms with E-state index in [-0.39, 0.29) is 22.8 Å². The average molecular weight is 343 g/mol. The number of carbonyl (C=O) groups excluding carboxylic acids is 2. The van der Waals surface area contributed by atoms with Crippen LogP contribution in [0, 0.1) is 18.3 Å². The molecular formula is C18H21N3O4. The van der Waals surface area contributed by atoms with Crippen LogP contribution in [0.25, 0.3) is 5.88 Å². The standard InChI is InChI=1S/C18H21N3O4/c1-11-14(13(10-19)16(24-11)21-8-6-7-9-21)17(23)25-12(2)15(22)20-18(3,4)5/h6-9,12H,1-5H3,(H,20,22). The molecule has 0 aromatic carbocycles. The number of aromatic nitrogens is 1. The van der Waals surface area contributed by atoms with Crippen molar-refractivity contribution in [2.24, 2.45) is 0 Å². The molecule has 1 unspecified atom stereocenters. The molecule has 0 aliphatic carbocycles. The highest BCUT2D eigenvalue weighted by Gasteiger charge is 2.29. The fourth-order valence-corrected chi connectivity index (χ4v) is 2.28. The molecule has 7 heteroatoms. The molecule has 0 spiro atoms. The molecule has 0 aliphatic rings. The van der Waals surface area contributed by atoms with Gasteiger partial charge >= 0.3 is 5.97 Å². The Bertz CT molecular complexity index is 820. The van der Waals surface area contributed by atoms with E-state index in [1.54, 1.807) is 36.0 Å². The van der Waals surface area contributed by atoms with Gasteiger partial charge in [0.1, 0.15) is 23.0 Å². The third kappa shape index (κ3) is 4.10. The molecule has 0 bridgehead atoms. The van der Waals surface area contributed by atoms with Gasteiger partial charge in [0.25, 0.3) is 5.91 Å². The van der Waals surface area contributed by atoms with Crippen LogP contribution in [0.3, 0.4) is 0 Å². The van der Waals surface area contributed by atoms with Gasteiger partial charge in [-0.1, -0.05) is 0 Å². The van der Waals surface area contributed by atoms with E-state index < -0.39 is 23.5 Å². The summed E-state index contributed by atoms with van der Waals surface area (Å²) in [4.78, 5) is 24.6. The number of nitrogens with one attached hydrogen (secondary N) is 1. The van der Waals surface area contributed by atoms with Gasteiger partial charge in [-0.15, -0.1) is 0 Å². The summed E-state index contributed by atoms with van der Waals surface area (Å²) in [7, 11) is 0. The van der Waals surface area contributed by atoms with E-state index >= 15 is 0 Å². The van der Waals surface area contributed by atoms with Crippen molar-refractivity contribution in [2.75, 3.05) is 0 Å². The maximum atomic E-state index is 12.5. The monoisotopic (exact) mass is 343 g/mol. The summed E-state index contributed by atoms with van der Waals surface area (Å²) in [5.41, 5.74) is -0.341. The number of carbonyl (C=O) groups is 2. The van der Waals surface area contributed by atoms with E-state index in [0.717, 1.165) is 0 Å². The number of hydrogen-bond donors (Lipinski definition) is 1. The molecule has 0 saturated carbocycles. The Kier molecular flexibility index (Phi) is 5.02. The fraction of sp³-hybridized carbons (Fsp3) is 0.389. The second-order valence-corrected chi connectivity index (χ2v) is 6.70. The fourth-order valence-electron chi connectivity index (χ4n) is 2.28. The predicted octanol–water partition coefficient (Wildman–Crippen LogP) is 2.71. The van der Waals surface area contributed by atoms with Crippen molar-refractivity contribution in [1.82, 2.24) is 9.88 Å². The van der Waals surface area contributed by atoms with Gasteiger partial charge < -0.3 is 14.5 Å². The molecule has 1 atom stereocenters. The van der Waals surface area contributed by atoms with E-state index in [1.165, 1.54) is 6.92 Å². The first-order chi connectivity index (χ1) is 11.6. The summed E-state index contributed by atoms with van der Waals surface area (Å²) in [6, 6.07) is 5.53. The summed E-state index contributed by atoms with van der Waals surface area (Å²) < 4.78 is 12.4. The molecule has 0 aliphatic heterocycles. The van der Waals surface area contributed by atoms with Crippen LogP contribution in [0.5, 0.6) is 0 Å². The first kappa shape index (κ1) is 18.3. The Balaban J connectivity index is 2.26. The topological polar surface area (TPSA) is 97.3 Å². The molecule has 2 aromatic rings. The van der Waals surface area contributed by atoms with Gasteiger partial charge in [-0.25, -0.2) is 4.79 Å². The zero-order chi connectivity index (χ0) is 18.8. The lowest BCUT2D eigenvalue weighted by molar-refractivity contribution is -0.130. The van der Waals surface area contributed by atoms with Gasteiger partial charge in [0.05, 0.1) is 0 Å². The number of ether oxygens (including phenoxy) is 1. The van der Waals surface area contributed by atoms with Gasteiger partial charge in [0.2, 0.25) is 5.88 Å². The summed E-state index contributed by atoms with van der Waals surface area (Å²) in [6.45, 7) is 8.54. The third-order valence-electron chi connectivity index (χ3n) is 3.37. The third-order valence-corrected chi connectivity index (χ3v) is 3.37. The number of nitrogens with zero attached hydrogens (tertiary/aromatic N) is 2. The van der Waals surface area contributed by atoms with Crippen LogP contribution in [0.2, 0.25) is 0 Å². The van der Waals surface area contributed by atoms with Crippen LogP contribution in [0.4, 0.5) is 0 Å². The van der Waals surface area contributed by atoms with Crippen molar-refractivity contribution in [2.45, 2.75) is 46.3 Å². The highest BCUT2D eigenvalue weighted by molar-refractivity contribution is 5.96. The Hall–Kier alpha value is -3.01. The van der Waals surface area contributed by atoms with Crippen molar-refractivity contribution in [3.05, 3.63) is 41.4 Å². The molecular weight excluding hydrogens is 322 g/mol. The van der Waals surface area contributed by atoms with E-state index in [4.69, 9.17) is 9.15 Å². The van der Waals surface area contributed by atoms with Crippen LogP contribution < -0.4 is 5.32 Å². The molecule has 7 nitrogen and oxygen atoms in total. The number of hydrogen-bond acceptors (Lipinski definition) is 5. The average Bonchev–Trinajstić information content (AvgIpc) is 3.11. The molecule has 0 radical (unpaired) electrons. The van der Waals surface area contributed by atoms with Gasteiger partial charge in [-0.3, -0.25) is 9.36 Å². The largest absolute Gasteiger partial charge is 0.449 e.